The zero-order valence-corrected chi connectivity index (χ0v) is 19.3. The van der Waals surface area contributed by atoms with Gasteiger partial charge in [0.1, 0.15) is 17.2 Å². The van der Waals surface area contributed by atoms with Crippen LogP contribution in [0.3, 0.4) is 0 Å². The molecule has 0 radical (unpaired) electrons. The third-order valence-corrected chi connectivity index (χ3v) is 7.81. The van der Waals surface area contributed by atoms with Crippen molar-refractivity contribution in [3.63, 3.8) is 0 Å². The molecule has 2 fully saturated rings. The van der Waals surface area contributed by atoms with Gasteiger partial charge in [-0.15, -0.1) is 0 Å². The van der Waals surface area contributed by atoms with Gasteiger partial charge < -0.3 is 15.0 Å². The second-order valence-corrected chi connectivity index (χ2v) is 10.1. The predicted octanol–water partition coefficient (Wildman–Crippen LogP) is 6.18. The summed E-state index contributed by atoms with van der Waals surface area (Å²) < 4.78 is 0. The summed E-state index contributed by atoms with van der Waals surface area (Å²) in [4.78, 5) is 25.9. The van der Waals surface area contributed by atoms with E-state index in [0.717, 1.165) is 74.3 Å². The van der Waals surface area contributed by atoms with Gasteiger partial charge in [0.05, 0.1) is 10.5 Å². The number of pyridine rings is 1. The highest BCUT2D eigenvalue weighted by Gasteiger charge is 2.38. The van der Waals surface area contributed by atoms with Gasteiger partial charge in [0.2, 0.25) is 0 Å². The van der Waals surface area contributed by atoms with Gasteiger partial charge in [0.25, 0.3) is 0 Å². The Bertz CT molecular complexity index is 1130. The van der Waals surface area contributed by atoms with Gasteiger partial charge in [-0.05, 0) is 74.1 Å². The van der Waals surface area contributed by atoms with Gasteiger partial charge in [0, 0.05) is 36.3 Å². The van der Waals surface area contributed by atoms with Crippen LogP contribution in [0, 0.1) is 11.3 Å². The lowest BCUT2D eigenvalue weighted by Crippen LogP contribution is -2.42. The summed E-state index contributed by atoms with van der Waals surface area (Å²) in [7, 11) is 0. The quantitative estimate of drug-likeness (QED) is 0.473. The van der Waals surface area contributed by atoms with Crippen molar-refractivity contribution in [3.8, 4) is 11.4 Å². The van der Waals surface area contributed by atoms with Gasteiger partial charge in [0.15, 0.2) is 0 Å². The van der Waals surface area contributed by atoms with Gasteiger partial charge >= 0.3 is 5.97 Å². The first-order chi connectivity index (χ1) is 15.4. The summed E-state index contributed by atoms with van der Waals surface area (Å²) in [6.45, 7) is 1.99. The number of nitrogens with zero attached hydrogens (tertiary/aromatic N) is 3. The molecule has 1 aromatic carbocycles. The van der Waals surface area contributed by atoms with Gasteiger partial charge in [-0.3, -0.25) is 4.79 Å². The highest BCUT2D eigenvalue weighted by Crippen LogP contribution is 2.47. The first kappa shape index (κ1) is 21.5. The van der Waals surface area contributed by atoms with E-state index in [1.165, 1.54) is 0 Å². The molecule has 1 aliphatic carbocycles. The molecular weight excluding hydrogens is 447 g/mol. The number of hydrogen-bond acceptors (Lipinski definition) is 4. The number of aromatic nitrogens is 3. The van der Waals surface area contributed by atoms with Crippen molar-refractivity contribution in [2.24, 2.45) is 11.3 Å². The summed E-state index contributed by atoms with van der Waals surface area (Å²) in [5.41, 5.74) is 2.80. The number of halogens is 2. The molecular formula is C24H26Cl2N4O2. The molecule has 5 rings (SSSR count). The predicted molar refractivity (Wildman–Crippen MR) is 127 cm³/mol. The summed E-state index contributed by atoms with van der Waals surface area (Å²) in [5.74, 6) is 1.40. The van der Waals surface area contributed by atoms with Crippen molar-refractivity contribution in [1.82, 2.24) is 15.0 Å². The van der Waals surface area contributed by atoms with Crippen LogP contribution in [0.5, 0.6) is 0 Å². The van der Waals surface area contributed by atoms with Gasteiger partial charge in [-0.2, -0.15) is 0 Å². The van der Waals surface area contributed by atoms with E-state index in [-0.39, 0.29) is 0 Å². The average molecular weight is 473 g/mol. The molecule has 8 heteroatoms. The highest BCUT2D eigenvalue weighted by atomic mass is 35.5. The summed E-state index contributed by atoms with van der Waals surface area (Å²) in [5, 5.41) is 10.2. The zero-order valence-electron chi connectivity index (χ0n) is 17.8. The average Bonchev–Trinajstić information content (AvgIpc) is 3.20. The highest BCUT2D eigenvalue weighted by molar-refractivity contribution is 6.38. The van der Waals surface area contributed by atoms with E-state index >= 15 is 0 Å². The molecule has 6 nitrogen and oxygen atoms in total. The molecule has 2 aromatic heterocycles. The van der Waals surface area contributed by atoms with E-state index in [4.69, 9.17) is 33.3 Å². The largest absolute Gasteiger partial charge is 0.481 e. The molecule has 2 aliphatic rings. The third-order valence-electron chi connectivity index (χ3n) is 7.30. The monoisotopic (exact) mass is 472 g/mol. The summed E-state index contributed by atoms with van der Waals surface area (Å²) >= 11 is 12.4. The van der Waals surface area contributed by atoms with E-state index in [2.05, 4.69) is 20.9 Å². The van der Waals surface area contributed by atoms with Crippen molar-refractivity contribution >= 4 is 46.0 Å². The lowest BCUT2D eigenvalue weighted by molar-refractivity contribution is -0.138. The smallest absolute Gasteiger partial charge is 0.303 e. The number of anilines is 1. The number of aliphatic carboxylic acids is 1. The summed E-state index contributed by atoms with van der Waals surface area (Å²) in [6, 6.07) is 7.61. The molecule has 32 heavy (non-hydrogen) atoms. The van der Waals surface area contributed by atoms with Crippen molar-refractivity contribution in [2.45, 2.75) is 44.9 Å². The first-order valence-electron chi connectivity index (χ1n) is 11.2. The molecule has 0 atom stereocenters. The fourth-order valence-electron chi connectivity index (χ4n) is 5.34. The van der Waals surface area contributed by atoms with Crippen LogP contribution >= 0.6 is 23.2 Å². The zero-order chi connectivity index (χ0) is 22.3. The first-order valence-corrected chi connectivity index (χ1v) is 11.9. The van der Waals surface area contributed by atoms with E-state index in [1.54, 1.807) is 6.07 Å². The molecule has 0 bridgehead atoms. The van der Waals surface area contributed by atoms with E-state index < -0.39 is 5.97 Å². The van der Waals surface area contributed by atoms with Crippen LogP contribution in [-0.2, 0) is 4.79 Å². The minimum Gasteiger partial charge on any atom is -0.481 e. The maximum atomic E-state index is 11.0. The number of hydrogen-bond donors (Lipinski definition) is 2. The number of carbonyl (C=O) groups is 1. The number of aromatic amines is 1. The van der Waals surface area contributed by atoms with Crippen LogP contribution in [0.15, 0.2) is 30.5 Å². The van der Waals surface area contributed by atoms with Crippen LogP contribution in [0.25, 0.3) is 22.4 Å². The SMILES string of the molecule is O=C(O)CC1CCC2(CC1)CCN(c1ccc(-c3nc4c(Cl)cc(Cl)cc4[nH]3)cn1)CC2. The Morgan fingerprint density at radius 1 is 1.16 bits per heavy atom. The number of benzene rings is 1. The van der Waals surface area contributed by atoms with Crippen molar-refractivity contribution < 1.29 is 9.90 Å². The number of carboxylic acids is 1. The number of imidazole rings is 1. The number of rotatable bonds is 4. The Morgan fingerprint density at radius 2 is 1.91 bits per heavy atom. The van der Waals surface area contributed by atoms with Crippen LogP contribution in [0.4, 0.5) is 5.82 Å². The normalized spacial score (nSPS) is 19.0. The minimum atomic E-state index is -0.662. The van der Waals surface area contributed by atoms with Crippen molar-refractivity contribution in [3.05, 3.63) is 40.5 Å². The van der Waals surface area contributed by atoms with E-state index in [9.17, 15) is 4.79 Å². The lowest BCUT2D eigenvalue weighted by atomic mass is 9.65. The summed E-state index contributed by atoms with van der Waals surface area (Å²) in [6.07, 6.45) is 8.89. The molecule has 3 aromatic rings. The molecule has 1 spiro atoms. The molecule has 168 valence electrons. The van der Waals surface area contributed by atoms with Crippen molar-refractivity contribution in [1.29, 1.82) is 0 Å². The van der Waals surface area contributed by atoms with E-state index in [1.807, 2.05) is 18.3 Å². The maximum Gasteiger partial charge on any atom is 0.303 e. The lowest BCUT2D eigenvalue weighted by Gasteiger charge is -2.46. The molecule has 0 unspecified atom stereocenters. The molecule has 2 N–H and O–H groups in total. The molecule has 1 aliphatic heterocycles. The van der Waals surface area contributed by atoms with Gasteiger partial charge in [-0.25, -0.2) is 9.97 Å². The fourth-order valence-corrected chi connectivity index (χ4v) is 5.88. The second-order valence-electron chi connectivity index (χ2n) is 9.30. The van der Waals surface area contributed by atoms with Crippen LogP contribution in [-0.4, -0.2) is 39.1 Å². The van der Waals surface area contributed by atoms with E-state index in [0.29, 0.717) is 33.3 Å². The topological polar surface area (TPSA) is 82.1 Å². The van der Waals surface area contributed by atoms with Crippen LogP contribution in [0.1, 0.15) is 44.9 Å². The third kappa shape index (κ3) is 4.30. The number of fused-ring (bicyclic) bond motifs is 1. The minimum absolute atomic E-state index is 0.322. The Labute approximate surface area is 197 Å². The Morgan fingerprint density at radius 3 is 2.56 bits per heavy atom. The molecule has 3 heterocycles. The fraction of sp³-hybridized carbons (Fsp3) is 0.458. The molecule has 0 amide bonds. The van der Waals surface area contributed by atoms with Gasteiger partial charge in [-0.1, -0.05) is 23.2 Å². The number of H-pyrrole nitrogens is 1. The van der Waals surface area contributed by atoms with Crippen molar-refractivity contribution in [2.75, 3.05) is 18.0 Å². The number of nitrogens with one attached hydrogen (secondary N) is 1. The number of carboxylic acid groups (broad SMARTS) is 1. The standard InChI is InChI=1S/C24H26Cl2N4O2/c25-17-12-18(26)22-19(13-17)28-23(29-22)16-1-2-20(27-14-16)30-9-7-24(8-10-30)5-3-15(4-6-24)11-21(31)32/h1-2,12-15H,3-11H2,(H,28,29)(H,31,32). The second kappa shape index (κ2) is 8.56. The Hall–Kier alpha value is -2.31. The maximum absolute atomic E-state index is 11.0. The number of piperidine rings is 1. The van der Waals surface area contributed by atoms with Crippen LogP contribution in [0.2, 0.25) is 10.0 Å². The van der Waals surface area contributed by atoms with Crippen LogP contribution < -0.4 is 4.90 Å². The Kier molecular flexibility index (Phi) is 5.76. The Balaban J connectivity index is 1.23. The molecule has 1 saturated heterocycles. The molecule has 1 saturated carbocycles.